The summed E-state index contributed by atoms with van der Waals surface area (Å²) < 4.78 is 15.4. The predicted octanol–water partition coefficient (Wildman–Crippen LogP) is 6.08. The fraction of sp³-hybridized carbons (Fsp3) is 0.778. The molecule has 5 nitrogen and oxygen atoms in total. The van der Waals surface area contributed by atoms with Crippen molar-refractivity contribution in [3.63, 3.8) is 0 Å². The van der Waals surface area contributed by atoms with Crippen molar-refractivity contribution in [1.29, 1.82) is 0 Å². The topological polar surface area (TPSA) is 61.8 Å². The van der Waals surface area contributed by atoms with Crippen molar-refractivity contribution in [2.24, 2.45) is 35.5 Å². The van der Waals surface area contributed by atoms with Gasteiger partial charge in [0, 0.05) is 31.1 Å². The van der Waals surface area contributed by atoms with Crippen molar-refractivity contribution < 1.29 is 42.4 Å². The van der Waals surface area contributed by atoms with Gasteiger partial charge in [-0.25, -0.2) is 4.79 Å². The van der Waals surface area contributed by atoms with Crippen molar-refractivity contribution >= 4 is 11.9 Å². The maximum Gasteiger partial charge on any atom is 0.333 e. The Kier molecular flexibility index (Phi) is 13.1. The first-order valence-electron chi connectivity index (χ1n) is 12.5. The fourth-order valence-corrected chi connectivity index (χ4v) is 6.43. The maximum absolute atomic E-state index is 11.7. The van der Waals surface area contributed by atoms with Gasteiger partial charge in [-0.2, -0.15) is 0 Å². The summed E-state index contributed by atoms with van der Waals surface area (Å²) in [5, 5.41) is 0. The van der Waals surface area contributed by atoms with Gasteiger partial charge < -0.3 is 14.2 Å². The van der Waals surface area contributed by atoms with E-state index in [9.17, 15) is 9.59 Å². The van der Waals surface area contributed by atoms with Gasteiger partial charge in [-0.3, -0.25) is 4.79 Å². The van der Waals surface area contributed by atoms with Gasteiger partial charge in [0.15, 0.2) is 6.29 Å². The molecule has 0 heterocycles. The third-order valence-corrected chi connectivity index (χ3v) is 7.46. The smallest absolute Gasteiger partial charge is 0.333 e. The minimum Gasteiger partial charge on any atom is -0.459 e. The summed E-state index contributed by atoms with van der Waals surface area (Å²) >= 11 is 0. The van der Waals surface area contributed by atoms with Crippen LogP contribution >= 0.6 is 0 Å². The molecule has 8 unspecified atom stereocenters. The van der Waals surface area contributed by atoms with E-state index in [1.54, 1.807) is 13.8 Å². The number of esters is 2. The molecular formula is C27H44O5V. The molecule has 0 N–H and O–H groups in total. The maximum atomic E-state index is 11.7. The third kappa shape index (κ3) is 8.01. The summed E-state index contributed by atoms with van der Waals surface area (Å²) in [6.07, 6.45) is 10.6. The zero-order chi connectivity index (χ0) is 23.8. The van der Waals surface area contributed by atoms with E-state index in [1.165, 1.54) is 32.6 Å². The second kappa shape index (κ2) is 14.4. The van der Waals surface area contributed by atoms with Crippen molar-refractivity contribution in [2.75, 3.05) is 6.61 Å². The van der Waals surface area contributed by atoms with Gasteiger partial charge in [0.1, 0.15) is 6.10 Å². The molecule has 0 spiro atoms. The summed E-state index contributed by atoms with van der Waals surface area (Å²) in [5.41, 5.74) is 0.544. The second-order valence-electron chi connectivity index (χ2n) is 9.85. The van der Waals surface area contributed by atoms with E-state index >= 15 is 0 Å². The minimum atomic E-state index is -0.405. The molecule has 0 aromatic carbocycles. The van der Waals surface area contributed by atoms with Gasteiger partial charge in [-0.05, 0) is 94.3 Å². The van der Waals surface area contributed by atoms with Crippen LogP contribution in [0.15, 0.2) is 24.8 Å². The van der Waals surface area contributed by atoms with Gasteiger partial charge in [0.2, 0.25) is 0 Å². The van der Waals surface area contributed by atoms with Crippen molar-refractivity contribution in [3.05, 3.63) is 24.8 Å². The normalized spacial score (nSPS) is 32.7. The number of rotatable bonds is 7. The van der Waals surface area contributed by atoms with Gasteiger partial charge in [-0.1, -0.05) is 26.5 Å². The Labute approximate surface area is 213 Å². The monoisotopic (exact) mass is 499 g/mol. The molecule has 0 aromatic heterocycles. The van der Waals surface area contributed by atoms with Crippen molar-refractivity contribution in [3.8, 4) is 0 Å². The number of carbonyl (C=O) groups excluding carboxylic acids is 2. The molecule has 4 rings (SSSR count). The Morgan fingerprint density at radius 3 is 2.15 bits per heavy atom. The van der Waals surface area contributed by atoms with E-state index in [4.69, 9.17) is 14.2 Å². The molecule has 1 radical (unpaired) electrons. The van der Waals surface area contributed by atoms with Crippen molar-refractivity contribution in [1.82, 2.24) is 0 Å². The van der Waals surface area contributed by atoms with Crippen LogP contribution in [0.25, 0.3) is 0 Å². The molecule has 187 valence electrons. The van der Waals surface area contributed by atoms with Crippen LogP contribution in [0.2, 0.25) is 0 Å². The molecule has 4 bridgehead atoms. The van der Waals surface area contributed by atoms with Crippen molar-refractivity contribution in [2.45, 2.75) is 92.0 Å². The molecule has 0 saturated heterocycles. The number of fused-ring (bicyclic) bond motifs is 9. The number of hydrogen-bond donors (Lipinski definition) is 0. The first kappa shape index (κ1) is 30.0. The van der Waals surface area contributed by atoms with E-state index in [1.807, 2.05) is 13.0 Å². The van der Waals surface area contributed by atoms with Gasteiger partial charge in [-0.15, -0.1) is 6.58 Å². The molecule has 0 aromatic rings. The molecule has 8 atom stereocenters. The van der Waals surface area contributed by atoms with E-state index in [2.05, 4.69) is 20.1 Å². The molecule has 6 heteroatoms. The standard InChI is InChI=1S/C16H22O2.C7H14O3.C4H8.V/c1-8(2)16(17)18-13-7-11-6-12(13)15-10-4-3-9(5-10)14(11)15;1-4-5-9-7(3)10-6(2)8;1-3-4-2;/h9-15H,1,3-7H2,2H3;7H,4-5H2,1-3H3;3H,1,4H2,2H3;. The van der Waals surface area contributed by atoms with Gasteiger partial charge in [0.05, 0.1) is 6.61 Å². The van der Waals surface area contributed by atoms with E-state index < -0.39 is 6.29 Å². The first-order chi connectivity index (χ1) is 15.2. The van der Waals surface area contributed by atoms with Crippen LogP contribution in [-0.2, 0) is 42.4 Å². The summed E-state index contributed by atoms with van der Waals surface area (Å²) in [6.45, 7) is 16.7. The van der Waals surface area contributed by atoms with Crippen LogP contribution in [0, 0.1) is 35.5 Å². The second-order valence-corrected chi connectivity index (χ2v) is 9.85. The number of ether oxygens (including phenoxy) is 3. The first-order valence-corrected chi connectivity index (χ1v) is 12.5. The Bertz CT molecular complexity index is 663. The SMILES string of the molecule is C=C(C)C(=O)OC1CC2CC1C1C3CCC(C3)C21.C=CCC.CCCOC(C)OC(C)=O.[V]. The molecule has 4 aliphatic rings. The Morgan fingerprint density at radius 2 is 1.64 bits per heavy atom. The number of allylic oxidation sites excluding steroid dienone is 1. The average molecular weight is 500 g/mol. The minimum absolute atomic E-state index is 0. The summed E-state index contributed by atoms with van der Waals surface area (Å²) in [6, 6.07) is 0. The van der Waals surface area contributed by atoms with Crippen LogP contribution < -0.4 is 0 Å². The largest absolute Gasteiger partial charge is 0.459 e. The Hall–Kier alpha value is -1.04. The number of hydrogen-bond acceptors (Lipinski definition) is 5. The molecular weight excluding hydrogens is 455 g/mol. The van der Waals surface area contributed by atoms with Crippen LogP contribution in [0.4, 0.5) is 0 Å². The van der Waals surface area contributed by atoms with Crippen LogP contribution in [0.5, 0.6) is 0 Å². The fourth-order valence-electron chi connectivity index (χ4n) is 6.43. The van der Waals surface area contributed by atoms with E-state index in [0.29, 0.717) is 18.1 Å². The Morgan fingerprint density at radius 1 is 1.03 bits per heavy atom. The van der Waals surface area contributed by atoms with E-state index in [0.717, 1.165) is 48.9 Å². The summed E-state index contributed by atoms with van der Waals surface area (Å²) in [5.74, 6) is 4.93. The molecule has 4 aliphatic carbocycles. The Balaban J connectivity index is 0.000000313. The summed E-state index contributed by atoms with van der Waals surface area (Å²) in [7, 11) is 0. The average Bonchev–Trinajstić information content (AvgIpc) is 3.52. The number of carbonyl (C=O) groups is 2. The molecule has 0 aliphatic heterocycles. The third-order valence-electron chi connectivity index (χ3n) is 7.46. The summed E-state index contributed by atoms with van der Waals surface area (Å²) in [4.78, 5) is 22.0. The van der Waals surface area contributed by atoms with Crippen LogP contribution in [0.1, 0.15) is 79.6 Å². The van der Waals surface area contributed by atoms with Crippen LogP contribution in [0.3, 0.4) is 0 Å². The molecule has 4 fully saturated rings. The molecule has 4 saturated carbocycles. The quantitative estimate of drug-likeness (QED) is 0.140. The molecule has 0 amide bonds. The zero-order valence-electron chi connectivity index (χ0n) is 21.3. The molecule has 33 heavy (non-hydrogen) atoms. The van der Waals surface area contributed by atoms with Gasteiger partial charge >= 0.3 is 11.9 Å². The van der Waals surface area contributed by atoms with E-state index in [-0.39, 0.29) is 36.6 Å². The van der Waals surface area contributed by atoms with Gasteiger partial charge in [0.25, 0.3) is 0 Å². The predicted molar refractivity (Wildman–Crippen MR) is 127 cm³/mol. The zero-order valence-corrected chi connectivity index (χ0v) is 22.7. The van der Waals surface area contributed by atoms with Crippen LogP contribution in [-0.4, -0.2) is 30.9 Å².